The van der Waals surface area contributed by atoms with Crippen molar-refractivity contribution in [2.24, 2.45) is 0 Å². The van der Waals surface area contributed by atoms with Gasteiger partial charge in [0.05, 0.1) is 11.5 Å². The normalized spacial score (nSPS) is 17.4. The highest BCUT2D eigenvalue weighted by atomic mass is 32.2. The molecule has 1 aliphatic rings. The van der Waals surface area contributed by atoms with Gasteiger partial charge in [0.15, 0.2) is 0 Å². The van der Waals surface area contributed by atoms with E-state index in [0.717, 1.165) is 19.6 Å². The van der Waals surface area contributed by atoms with Crippen LogP contribution in [0.5, 0.6) is 0 Å². The van der Waals surface area contributed by atoms with E-state index >= 15 is 0 Å². The minimum absolute atomic E-state index is 0.117. The Kier molecular flexibility index (Phi) is 4.74. The Morgan fingerprint density at radius 2 is 2.11 bits per heavy atom. The number of thiophene rings is 1. The molecule has 0 unspecified atom stereocenters. The fraction of sp³-hybridized carbons (Fsp3) is 0.636. The van der Waals surface area contributed by atoms with Crippen molar-refractivity contribution in [3.05, 3.63) is 16.3 Å². The number of nitrogens with zero attached hydrogens (tertiary/aromatic N) is 1. The summed E-state index contributed by atoms with van der Waals surface area (Å²) in [5.41, 5.74) is 0. The van der Waals surface area contributed by atoms with E-state index < -0.39 is 10.0 Å². The summed E-state index contributed by atoms with van der Waals surface area (Å²) in [6.45, 7) is 3.21. The number of aliphatic hydroxyl groups excluding tert-OH is 1. The van der Waals surface area contributed by atoms with Crippen LogP contribution in [0.3, 0.4) is 0 Å². The number of nitrogens with one attached hydrogen (secondary N) is 1. The second-order valence-corrected chi connectivity index (χ2v) is 7.12. The molecule has 0 amide bonds. The highest BCUT2D eigenvalue weighted by Gasteiger charge is 2.17. The third kappa shape index (κ3) is 3.52. The van der Waals surface area contributed by atoms with Gasteiger partial charge >= 0.3 is 0 Å². The lowest BCUT2D eigenvalue weighted by Crippen LogP contribution is -2.33. The maximum absolute atomic E-state index is 11.9. The Morgan fingerprint density at radius 3 is 2.72 bits per heavy atom. The summed E-state index contributed by atoms with van der Waals surface area (Å²) in [6, 6.07) is 1.52. The smallest absolute Gasteiger partial charge is 0.241 e. The van der Waals surface area contributed by atoms with Gasteiger partial charge in [-0.1, -0.05) is 0 Å². The second kappa shape index (κ2) is 6.12. The molecule has 0 saturated carbocycles. The number of likely N-dealkylation sites (tertiary alicyclic amines) is 1. The van der Waals surface area contributed by atoms with Crippen molar-refractivity contribution in [1.29, 1.82) is 0 Å². The molecule has 18 heavy (non-hydrogen) atoms. The highest BCUT2D eigenvalue weighted by molar-refractivity contribution is 7.89. The van der Waals surface area contributed by atoms with Crippen LogP contribution in [0, 0.1) is 0 Å². The van der Waals surface area contributed by atoms with Gasteiger partial charge in [0, 0.05) is 23.3 Å². The van der Waals surface area contributed by atoms with Gasteiger partial charge in [-0.05, 0) is 32.0 Å². The van der Waals surface area contributed by atoms with Crippen LogP contribution in [0.25, 0.3) is 0 Å². The summed E-state index contributed by atoms with van der Waals surface area (Å²) in [7, 11) is -3.42. The van der Waals surface area contributed by atoms with E-state index in [4.69, 9.17) is 5.11 Å². The zero-order valence-corrected chi connectivity index (χ0v) is 11.8. The molecule has 0 bridgehead atoms. The van der Waals surface area contributed by atoms with Crippen LogP contribution in [0.4, 0.5) is 0 Å². The Morgan fingerprint density at radius 1 is 1.39 bits per heavy atom. The van der Waals surface area contributed by atoms with Gasteiger partial charge in [-0.25, -0.2) is 13.1 Å². The van der Waals surface area contributed by atoms with E-state index in [2.05, 4.69) is 9.62 Å². The molecule has 2 heterocycles. The lowest BCUT2D eigenvalue weighted by molar-refractivity contribution is 0.285. The molecule has 7 heteroatoms. The van der Waals surface area contributed by atoms with Gasteiger partial charge in [-0.15, -0.1) is 11.3 Å². The standard InChI is InChI=1S/C11H18N2O3S2/c14-8-10-7-11(9-17-10)18(15,16)12-3-6-13-4-1-2-5-13/h7,9,12,14H,1-6,8H2. The Balaban J connectivity index is 1.86. The van der Waals surface area contributed by atoms with Crippen molar-refractivity contribution in [2.75, 3.05) is 26.2 Å². The van der Waals surface area contributed by atoms with Crippen molar-refractivity contribution in [3.8, 4) is 0 Å². The quantitative estimate of drug-likeness (QED) is 0.805. The lowest BCUT2D eigenvalue weighted by Gasteiger charge is -2.14. The molecule has 0 atom stereocenters. The van der Waals surface area contributed by atoms with Gasteiger partial charge in [0.1, 0.15) is 0 Å². The zero-order valence-electron chi connectivity index (χ0n) is 10.1. The van der Waals surface area contributed by atoms with Crippen LogP contribution >= 0.6 is 11.3 Å². The summed E-state index contributed by atoms with van der Waals surface area (Å²) in [4.78, 5) is 3.17. The molecule has 0 radical (unpaired) electrons. The summed E-state index contributed by atoms with van der Waals surface area (Å²) >= 11 is 1.26. The molecule has 2 N–H and O–H groups in total. The third-order valence-corrected chi connectivity index (χ3v) is 5.53. The number of hydrogen-bond acceptors (Lipinski definition) is 5. The Labute approximate surface area is 111 Å². The zero-order chi connectivity index (χ0) is 13.0. The van der Waals surface area contributed by atoms with Crippen molar-refractivity contribution in [1.82, 2.24) is 9.62 Å². The van der Waals surface area contributed by atoms with Crippen LogP contribution in [0.15, 0.2) is 16.3 Å². The molecule has 1 aromatic rings. The van der Waals surface area contributed by atoms with Crippen LogP contribution in [0.2, 0.25) is 0 Å². The first-order valence-electron chi connectivity index (χ1n) is 6.02. The molecular formula is C11H18N2O3S2. The van der Waals surface area contributed by atoms with Gasteiger partial charge in [-0.2, -0.15) is 0 Å². The molecule has 1 saturated heterocycles. The minimum atomic E-state index is -3.42. The van der Waals surface area contributed by atoms with E-state index in [1.807, 2.05) is 0 Å². The maximum Gasteiger partial charge on any atom is 0.241 e. The summed E-state index contributed by atoms with van der Waals surface area (Å²) in [5.74, 6) is 0. The van der Waals surface area contributed by atoms with E-state index in [9.17, 15) is 8.42 Å². The predicted molar refractivity (Wildman–Crippen MR) is 71.1 cm³/mol. The number of sulfonamides is 1. The summed E-state index contributed by atoms with van der Waals surface area (Å²) in [5, 5.41) is 10.5. The molecule has 0 spiro atoms. The SMILES string of the molecule is O=S(=O)(NCCN1CCCC1)c1csc(CO)c1. The predicted octanol–water partition coefficient (Wildman–Crippen LogP) is 0.614. The van der Waals surface area contributed by atoms with Crippen molar-refractivity contribution < 1.29 is 13.5 Å². The van der Waals surface area contributed by atoms with Crippen molar-refractivity contribution in [3.63, 3.8) is 0 Å². The van der Waals surface area contributed by atoms with E-state index in [0.29, 0.717) is 11.4 Å². The third-order valence-electron chi connectivity index (χ3n) is 3.01. The van der Waals surface area contributed by atoms with E-state index in [1.54, 1.807) is 5.38 Å². The van der Waals surface area contributed by atoms with Crippen LogP contribution in [-0.4, -0.2) is 44.6 Å². The van der Waals surface area contributed by atoms with E-state index in [1.165, 1.54) is 30.2 Å². The number of rotatable bonds is 6. The molecule has 1 aliphatic heterocycles. The fourth-order valence-electron chi connectivity index (χ4n) is 2.01. The molecule has 1 fully saturated rings. The lowest BCUT2D eigenvalue weighted by atomic mass is 10.4. The van der Waals surface area contributed by atoms with Gasteiger partial charge in [-0.3, -0.25) is 0 Å². The molecule has 102 valence electrons. The topological polar surface area (TPSA) is 69.6 Å². The minimum Gasteiger partial charge on any atom is -0.391 e. The Bertz CT molecular complexity index is 478. The van der Waals surface area contributed by atoms with Gasteiger partial charge in [0.25, 0.3) is 0 Å². The van der Waals surface area contributed by atoms with Crippen molar-refractivity contribution >= 4 is 21.4 Å². The van der Waals surface area contributed by atoms with Gasteiger partial charge < -0.3 is 10.0 Å². The second-order valence-electron chi connectivity index (χ2n) is 4.35. The molecule has 0 aromatic carbocycles. The molecule has 1 aromatic heterocycles. The van der Waals surface area contributed by atoms with Crippen LogP contribution in [0.1, 0.15) is 17.7 Å². The average Bonchev–Trinajstić information content (AvgIpc) is 2.99. The highest BCUT2D eigenvalue weighted by Crippen LogP contribution is 2.18. The number of aliphatic hydroxyl groups is 1. The van der Waals surface area contributed by atoms with Crippen molar-refractivity contribution in [2.45, 2.75) is 24.3 Å². The van der Waals surface area contributed by atoms with Crippen LogP contribution < -0.4 is 4.72 Å². The molecular weight excluding hydrogens is 272 g/mol. The van der Waals surface area contributed by atoms with E-state index in [-0.39, 0.29) is 11.5 Å². The first-order chi connectivity index (χ1) is 8.62. The van der Waals surface area contributed by atoms with Crippen LogP contribution in [-0.2, 0) is 16.6 Å². The number of hydrogen-bond donors (Lipinski definition) is 2. The molecule has 5 nitrogen and oxygen atoms in total. The first-order valence-corrected chi connectivity index (χ1v) is 8.38. The molecule has 2 rings (SSSR count). The largest absolute Gasteiger partial charge is 0.391 e. The monoisotopic (exact) mass is 290 g/mol. The summed E-state index contributed by atoms with van der Waals surface area (Å²) in [6.07, 6.45) is 2.41. The first kappa shape index (κ1) is 14.0. The molecule has 0 aliphatic carbocycles. The van der Waals surface area contributed by atoms with Gasteiger partial charge in [0.2, 0.25) is 10.0 Å². The fourth-order valence-corrected chi connectivity index (χ4v) is 4.17. The summed E-state index contributed by atoms with van der Waals surface area (Å²) < 4.78 is 26.5. The average molecular weight is 290 g/mol. The maximum atomic E-state index is 11.9. The Hall–Kier alpha value is -0.470.